The van der Waals surface area contributed by atoms with Crippen LogP contribution in [0.1, 0.15) is 69.2 Å². The van der Waals surface area contributed by atoms with E-state index in [9.17, 15) is 9.59 Å². The molecule has 3 atom stereocenters. The molecular formula is C44H60N2O4PSi+. The Bertz CT molecular complexity index is 1650. The number of nitrogens with one attached hydrogen (secondary N) is 2. The summed E-state index contributed by atoms with van der Waals surface area (Å²) in [5, 5.41) is 11.0. The number of benzene rings is 4. The van der Waals surface area contributed by atoms with Crippen LogP contribution in [0.4, 0.5) is 4.79 Å². The van der Waals surface area contributed by atoms with Gasteiger partial charge in [0.2, 0.25) is 5.91 Å². The molecule has 0 heterocycles. The molecular weight excluding hydrogens is 680 g/mol. The predicted molar refractivity (Wildman–Crippen MR) is 223 cm³/mol. The molecule has 8 heteroatoms. The van der Waals surface area contributed by atoms with Gasteiger partial charge >= 0.3 is 6.09 Å². The first-order valence-corrected chi connectivity index (χ1v) is 22.7. The van der Waals surface area contributed by atoms with Crippen molar-refractivity contribution in [1.82, 2.24) is 10.6 Å². The second-order valence-electron chi connectivity index (χ2n) is 17.1. The van der Waals surface area contributed by atoms with Gasteiger partial charge in [-0.3, -0.25) is 4.79 Å². The van der Waals surface area contributed by atoms with Crippen LogP contribution in [0.2, 0.25) is 5.04 Å². The van der Waals surface area contributed by atoms with E-state index in [0.717, 1.165) is 0 Å². The lowest BCUT2D eigenvalue weighted by atomic mass is 9.86. The Balaban J connectivity index is 1.88. The lowest BCUT2D eigenvalue weighted by Crippen LogP contribution is -2.69. The number of alkyl carbamates (subject to hydrolysis) is 1. The highest BCUT2D eigenvalue weighted by molar-refractivity contribution is 7.89. The number of rotatable bonds is 12. The number of ether oxygens (including phenoxy) is 1. The number of amides is 2. The van der Waals surface area contributed by atoms with Crippen molar-refractivity contribution in [1.29, 1.82) is 0 Å². The molecule has 4 aromatic carbocycles. The Morgan fingerprint density at radius 2 is 1.06 bits per heavy atom. The maximum Gasteiger partial charge on any atom is 0.408 e. The minimum absolute atomic E-state index is 0.262. The average Bonchev–Trinajstić information content (AvgIpc) is 3.08. The van der Waals surface area contributed by atoms with Gasteiger partial charge < -0.3 is 19.8 Å². The van der Waals surface area contributed by atoms with Crippen molar-refractivity contribution in [2.45, 2.75) is 98.1 Å². The molecule has 4 aromatic rings. The van der Waals surface area contributed by atoms with E-state index >= 15 is 0 Å². The van der Waals surface area contributed by atoms with Crippen LogP contribution in [0.25, 0.3) is 0 Å². The highest BCUT2D eigenvalue weighted by Crippen LogP contribution is 2.53. The summed E-state index contributed by atoms with van der Waals surface area (Å²) in [4.78, 5) is 27.8. The van der Waals surface area contributed by atoms with Crippen molar-refractivity contribution < 1.29 is 18.8 Å². The summed E-state index contributed by atoms with van der Waals surface area (Å²) >= 11 is 0. The Kier molecular flexibility index (Phi) is 13.0. The van der Waals surface area contributed by atoms with Crippen LogP contribution in [-0.2, 0) is 14.0 Å². The Labute approximate surface area is 314 Å². The zero-order chi connectivity index (χ0) is 38.4. The fraction of sp³-hybridized carbons (Fsp3) is 0.409. The molecule has 2 amide bonds. The lowest BCUT2D eigenvalue weighted by Gasteiger charge is -2.46. The summed E-state index contributed by atoms with van der Waals surface area (Å²) in [5.41, 5.74) is -1.31. The lowest BCUT2D eigenvalue weighted by molar-refractivity contribution is -0.126. The van der Waals surface area contributed by atoms with Gasteiger partial charge in [-0.25, -0.2) is 4.79 Å². The summed E-state index contributed by atoms with van der Waals surface area (Å²) < 4.78 is 13.3. The van der Waals surface area contributed by atoms with Crippen molar-refractivity contribution in [2.75, 3.05) is 12.8 Å². The number of hydrogen-bond acceptors (Lipinski definition) is 4. The van der Waals surface area contributed by atoms with Gasteiger partial charge in [0.25, 0.3) is 8.32 Å². The fourth-order valence-electron chi connectivity index (χ4n) is 7.00. The van der Waals surface area contributed by atoms with Gasteiger partial charge in [0.15, 0.2) is 0 Å². The van der Waals surface area contributed by atoms with E-state index in [1.165, 1.54) is 21.0 Å². The first-order valence-electron chi connectivity index (χ1n) is 18.3. The molecule has 2 unspecified atom stereocenters. The van der Waals surface area contributed by atoms with Crippen LogP contribution >= 0.6 is 7.26 Å². The highest BCUT2D eigenvalue weighted by atomic mass is 31.2. The van der Waals surface area contributed by atoms with Crippen LogP contribution in [-0.4, -0.2) is 56.9 Å². The normalized spacial score (nSPS) is 14.5. The van der Waals surface area contributed by atoms with Gasteiger partial charge in [0, 0.05) is 0 Å². The minimum Gasteiger partial charge on any atom is -0.444 e. The van der Waals surface area contributed by atoms with E-state index in [1.54, 1.807) is 0 Å². The van der Waals surface area contributed by atoms with Gasteiger partial charge in [-0.2, -0.15) is 0 Å². The predicted octanol–water partition coefficient (Wildman–Crippen LogP) is 7.67. The Morgan fingerprint density at radius 1 is 0.654 bits per heavy atom. The Hall–Kier alpha value is -3.77. The zero-order valence-corrected chi connectivity index (χ0v) is 35.0. The number of hydrogen-bond donors (Lipinski definition) is 2. The third kappa shape index (κ3) is 9.80. The van der Waals surface area contributed by atoms with Gasteiger partial charge in [-0.1, -0.05) is 139 Å². The first-order chi connectivity index (χ1) is 24.3. The molecule has 0 bridgehead atoms. The molecule has 0 aliphatic heterocycles. The average molecular weight is 740 g/mol. The van der Waals surface area contributed by atoms with E-state index in [1.807, 2.05) is 65.8 Å². The molecule has 6 nitrogen and oxygen atoms in total. The van der Waals surface area contributed by atoms with E-state index in [-0.39, 0.29) is 10.9 Å². The molecule has 0 saturated heterocycles. The molecule has 0 saturated carbocycles. The van der Waals surface area contributed by atoms with Gasteiger partial charge in [-0.15, -0.1) is 0 Å². The quantitative estimate of drug-likeness (QED) is 0.116. The summed E-state index contributed by atoms with van der Waals surface area (Å²) in [7, 11) is -5.11. The van der Waals surface area contributed by atoms with E-state index in [0.29, 0.717) is 6.16 Å². The maximum absolute atomic E-state index is 14.7. The van der Waals surface area contributed by atoms with Crippen molar-refractivity contribution in [3.8, 4) is 0 Å². The van der Waals surface area contributed by atoms with Crippen LogP contribution in [0, 0.1) is 5.41 Å². The molecule has 0 radical (unpaired) electrons. The summed E-state index contributed by atoms with van der Waals surface area (Å²) in [5.74, 6) is -0.270. The monoisotopic (exact) mass is 739 g/mol. The van der Waals surface area contributed by atoms with E-state index in [4.69, 9.17) is 9.16 Å². The van der Waals surface area contributed by atoms with Crippen LogP contribution in [0.3, 0.4) is 0 Å². The van der Waals surface area contributed by atoms with Gasteiger partial charge in [-0.05, 0) is 72.8 Å². The van der Waals surface area contributed by atoms with E-state index < -0.39 is 50.9 Å². The summed E-state index contributed by atoms with van der Waals surface area (Å²) in [6.45, 7) is 22.6. The first kappa shape index (κ1) is 41.0. The molecule has 0 aromatic heterocycles. The maximum atomic E-state index is 14.7. The van der Waals surface area contributed by atoms with Crippen molar-refractivity contribution >= 4 is 48.6 Å². The van der Waals surface area contributed by atoms with Crippen LogP contribution in [0.15, 0.2) is 121 Å². The SMILES string of the molecule is CC(O[Si](c1ccccc1)(c1ccccc1)C(C)(C)C)[C@@H](C[P+](C)(c1ccccc1)c1ccccc1)NC(=O)C(NC(=O)OC(C)(C)C)C(C)(C)C. The standard InChI is InChI=1S/C44H59N2O4PSi/c1-33(50-52(44(8,9)10,36-28-20-14-21-29-36)37-30-22-15-23-31-37)38(45-40(47)39(42(2,3)4)46-41(48)49-43(5,6)7)32-51(11,34-24-16-12-17-25-34)35-26-18-13-19-27-35/h12-31,33,38-39H,32H2,1-11H3,(H-,45,46,47,48)/p+1/t33?,38-,39?/m1/s1. The van der Waals surface area contributed by atoms with Gasteiger partial charge in [0.1, 0.15) is 11.6 Å². The molecule has 0 spiro atoms. The second-order valence-corrected chi connectivity index (χ2v) is 25.1. The topological polar surface area (TPSA) is 76.7 Å². The molecule has 4 rings (SSSR count). The fourth-order valence-corrected chi connectivity index (χ4v) is 15.3. The largest absolute Gasteiger partial charge is 0.444 e. The molecule has 0 aliphatic rings. The summed E-state index contributed by atoms with van der Waals surface area (Å²) in [6.07, 6.45) is -0.388. The third-order valence-electron chi connectivity index (χ3n) is 9.68. The molecule has 0 aliphatic carbocycles. The van der Waals surface area contributed by atoms with E-state index in [2.05, 4.69) is 142 Å². The zero-order valence-electron chi connectivity index (χ0n) is 33.1. The molecule has 278 valence electrons. The molecule has 2 N–H and O–H groups in total. The van der Waals surface area contributed by atoms with Gasteiger partial charge in [0.05, 0.1) is 42.8 Å². The number of carbonyl (C=O) groups excluding carboxylic acids is 2. The second kappa shape index (κ2) is 16.5. The number of carbonyl (C=O) groups is 2. The van der Waals surface area contributed by atoms with Crippen molar-refractivity contribution in [3.63, 3.8) is 0 Å². The van der Waals surface area contributed by atoms with Crippen molar-refractivity contribution in [3.05, 3.63) is 121 Å². The van der Waals surface area contributed by atoms with Crippen LogP contribution in [0.5, 0.6) is 0 Å². The van der Waals surface area contributed by atoms with Crippen molar-refractivity contribution in [2.24, 2.45) is 5.41 Å². The summed E-state index contributed by atoms with van der Waals surface area (Å²) in [6, 6.07) is 41.2. The Morgan fingerprint density at radius 3 is 1.42 bits per heavy atom. The minimum atomic E-state index is -3.01. The smallest absolute Gasteiger partial charge is 0.408 e. The highest BCUT2D eigenvalue weighted by Gasteiger charge is 2.53. The molecule has 0 fully saturated rings. The van der Waals surface area contributed by atoms with Crippen LogP contribution < -0.4 is 31.6 Å². The third-order valence-corrected chi connectivity index (χ3v) is 18.8. The molecule has 52 heavy (non-hydrogen) atoms.